The van der Waals surface area contributed by atoms with Crippen LogP contribution in [-0.2, 0) is 4.79 Å². The molecule has 0 radical (unpaired) electrons. The Kier molecular flexibility index (Phi) is 5.52. The Morgan fingerprint density at radius 2 is 1.84 bits per heavy atom. The number of aliphatic carboxylic acids is 1. The van der Waals surface area contributed by atoms with Crippen molar-refractivity contribution >= 4 is 16.7 Å². The van der Waals surface area contributed by atoms with Crippen molar-refractivity contribution in [2.75, 3.05) is 0 Å². The summed E-state index contributed by atoms with van der Waals surface area (Å²) >= 11 is 0. The third-order valence-electron chi connectivity index (χ3n) is 5.77. The van der Waals surface area contributed by atoms with E-state index >= 15 is 4.39 Å². The molecule has 31 heavy (non-hydrogen) atoms. The minimum atomic E-state index is -0.873. The Balaban J connectivity index is 1.91. The summed E-state index contributed by atoms with van der Waals surface area (Å²) in [6.07, 6.45) is 0.916. The standard InChI is InChI=1S/C24H23F2NO4/c1-12(2)22-19(13-3-6-15(25)7-4-13)17-9-10-18(28)21(26)20(17)23(27-22)31-16-8-5-14(11-16)24(29)30/h3-4,6-7,9-10,12,14,16,28H,5,8,11H2,1-2H3,(H,29,30)/t14-,16+/m1/s1. The van der Waals surface area contributed by atoms with E-state index in [1.807, 2.05) is 13.8 Å². The first-order valence-corrected chi connectivity index (χ1v) is 10.3. The van der Waals surface area contributed by atoms with Crippen molar-refractivity contribution in [1.82, 2.24) is 4.98 Å². The third-order valence-corrected chi connectivity index (χ3v) is 5.77. The number of nitrogens with zero attached hydrogens (tertiary/aromatic N) is 1. The Morgan fingerprint density at radius 1 is 1.13 bits per heavy atom. The van der Waals surface area contributed by atoms with Crippen molar-refractivity contribution in [2.45, 2.75) is 45.1 Å². The summed E-state index contributed by atoms with van der Waals surface area (Å²) < 4.78 is 34.6. The summed E-state index contributed by atoms with van der Waals surface area (Å²) in [7, 11) is 0. The molecule has 5 nitrogen and oxygen atoms in total. The summed E-state index contributed by atoms with van der Waals surface area (Å²) in [6.45, 7) is 3.88. The second-order valence-corrected chi connectivity index (χ2v) is 8.25. The maximum absolute atomic E-state index is 15.1. The number of benzene rings is 2. The zero-order valence-corrected chi connectivity index (χ0v) is 17.2. The first-order valence-electron chi connectivity index (χ1n) is 10.3. The molecule has 0 saturated heterocycles. The Hall–Kier alpha value is -3.22. The second kappa shape index (κ2) is 8.13. The van der Waals surface area contributed by atoms with Crippen LogP contribution < -0.4 is 4.74 Å². The summed E-state index contributed by atoms with van der Waals surface area (Å²) in [4.78, 5) is 15.9. The van der Waals surface area contributed by atoms with E-state index in [4.69, 9.17) is 4.74 Å². The highest BCUT2D eigenvalue weighted by atomic mass is 19.1. The monoisotopic (exact) mass is 427 g/mol. The van der Waals surface area contributed by atoms with Gasteiger partial charge in [0.1, 0.15) is 11.9 Å². The molecular formula is C24H23F2NO4. The highest BCUT2D eigenvalue weighted by Gasteiger charge is 2.32. The van der Waals surface area contributed by atoms with Crippen LogP contribution in [0.5, 0.6) is 11.6 Å². The molecule has 1 aliphatic carbocycles. The summed E-state index contributed by atoms with van der Waals surface area (Å²) in [5.74, 6) is -3.17. The van der Waals surface area contributed by atoms with Crippen LogP contribution in [0, 0.1) is 17.6 Å². The van der Waals surface area contributed by atoms with Crippen LogP contribution in [0.2, 0.25) is 0 Å². The van der Waals surface area contributed by atoms with Gasteiger partial charge in [-0.15, -0.1) is 0 Å². The van der Waals surface area contributed by atoms with Gasteiger partial charge in [-0.3, -0.25) is 4.79 Å². The number of phenols is 1. The number of carboxylic acid groups (broad SMARTS) is 1. The molecule has 2 aromatic carbocycles. The lowest BCUT2D eigenvalue weighted by atomic mass is 9.92. The summed E-state index contributed by atoms with van der Waals surface area (Å²) in [5.41, 5.74) is 1.96. The number of halogens is 2. The summed E-state index contributed by atoms with van der Waals surface area (Å²) in [6, 6.07) is 8.75. The minimum absolute atomic E-state index is 0.0301. The highest BCUT2D eigenvalue weighted by Crippen LogP contribution is 2.42. The van der Waals surface area contributed by atoms with Crippen LogP contribution in [-0.4, -0.2) is 27.3 Å². The smallest absolute Gasteiger partial charge is 0.306 e. The third kappa shape index (κ3) is 3.92. The molecule has 0 bridgehead atoms. The van der Waals surface area contributed by atoms with E-state index in [0.29, 0.717) is 41.5 Å². The van der Waals surface area contributed by atoms with Crippen molar-refractivity contribution in [3.05, 3.63) is 53.7 Å². The molecule has 1 heterocycles. The number of aromatic hydroxyl groups is 1. The average Bonchev–Trinajstić information content (AvgIpc) is 3.20. The van der Waals surface area contributed by atoms with Gasteiger partial charge in [0.2, 0.25) is 5.88 Å². The van der Waals surface area contributed by atoms with Gasteiger partial charge in [-0.25, -0.2) is 13.8 Å². The van der Waals surface area contributed by atoms with Gasteiger partial charge in [0, 0.05) is 5.56 Å². The van der Waals surface area contributed by atoms with Gasteiger partial charge in [0.15, 0.2) is 11.6 Å². The molecule has 0 unspecified atom stereocenters. The van der Waals surface area contributed by atoms with E-state index in [2.05, 4.69) is 4.98 Å². The van der Waals surface area contributed by atoms with E-state index in [1.165, 1.54) is 18.2 Å². The molecular weight excluding hydrogens is 404 g/mol. The van der Waals surface area contributed by atoms with Crippen LogP contribution in [0.25, 0.3) is 21.9 Å². The fourth-order valence-electron chi connectivity index (χ4n) is 4.19. The lowest BCUT2D eigenvalue weighted by Gasteiger charge is -2.21. The number of rotatable bonds is 5. The van der Waals surface area contributed by atoms with Gasteiger partial charge in [0.05, 0.1) is 17.0 Å². The van der Waals surface area contributed by atoms with Gasteiger partial charge >= 0.3 is 5.97 Å². The predicted octanol–water partition coefficient (Wildman–Crippen LogP) is 5.64. The first kappa shape index (κ1) is 21.0. The quantitative estimate of drug-likeness (QED) is 0.551. The number of ether oxygens (including phenoxy) is 1. The predicted molar refractivity (Wildman–Crippen MR) is 112 cm³/mol. The molecule has 1 fully saturated rings. The zero-order valence-electron chi connectivity index (χ0n) is 17.2. The zero-order chi connectivity index (χ0) is 22.3. The van der Waals surface area contributed by atoms with E-state index in [9.17, 15) is 19.4 Å². The number of carbonyl (C=O) groups is 1. The molecule has 4 rings (SSSR count). The molecule has 2 atom stereocenters. The molecule has 0 aliphatic heterocycles. The minimum Gasteiger partial charge on any atom is -0.505 e. The normalized spacial score (nSPS) is 18.6. The first-order chi connectivity index (χ1) is 14.8. The van der Waals surface area contributed by atoms with Gasteiger partial charge in [-0.2, -0.15) is 0 Å². The van der Waals surface area contributed by atoms with Gasteiger partial charge < -0.3 is 14.9 Å². The van der Waals surface area contributed by atoms with Crippen LogP contribution in [0.15, 0.2) is 36.4 Å². The number of fused-ring (bicyclic) bond motifs is 1. The molecule has 3 aromatic rings. The van der Waals surface area contributed by atoms with Crippen molar-refractivity contribution in [3.63, 3.8) is 0 Å². The number of hydrogen-bond donors (Lipinski definition) is 2. The Labute approximate surface area is 178 Å². The highest BCUT2D eigenvalue weighted by molar-refractivity contribution is 6.01. The molecule has 1 saturated carbocycles. The van der Waals surface area contributed by atoms with Crippen molar-refractivity contribution < 1.29 is 28.5 Å². The summed E-state index contributed by atoms with van der Waals surface area (Å²) in [5, 5.41) is 19.8. The molecule has 162 valence electrons. The fourth-order valence-corrected chi connectivity index (χ4v) is 4.19. The SMILES string of the molecule is CC(C)c1nc(O[C@H]2CC[C@@H](C(=O)O)C2)c2c(F)c(O)ccc2c1-c1ccc(F)cc1. The van der Waals surface area contributed by atoms with Crippen LogP contribution in [0.4, 0.5) is 8.78 Å². The van der Waals surface area contributed by atoms with Gasteiger partial charge in [0.25, 0.3) is 0 Å². The fraction of sp³-hybridized carbons (Fsp3) is 0.333. The van der Waals surface area contributed by atoms with Crippen LogP contribution in [0.1, 0.15) is 44.7 Å². The Bertz CT molecular complexity index is 1140. The number of pyridine rings is 1. The lowest BCUT2D eigenvalue weighted by Crippen LogP contribution is -2.17. The van der Waals surface area contributed by atoms with Crippen molar-refractivity contribution in [1.29, 1.82) is 0 Å². The van der Waals surface area contributed by atoms with Crippen molar-refractivity contribution in [2.24, 2.45) is 5.92 Å². The van der Waals surface area contributed by atoms with E-state index in [-0.39, 0.29) is 23.0 Å². The van der Waals surface area contributed by atoms with E-state index in [1.54, 1.807) is 18.2 Å². The Morgan fingerprint density at radius 3 is 2.45 bits per heavy atom. The van der Waals surface area contributed by atoms with E-state index in [0.717, 1.165) is 0 Å². The molecule has 1 aromatic heterocycles. The van der Waals surface area contributed by atoms with E-state index < -0.39 is 29.6 Å². The molecule has 0 spiro atoms. The average molecular weight is 427 g/mol. The number of carboxylic acids is 1. The second-order valence-electron chi connectivity index (χ2n) is 8.25. The van der Waals surface area contributed by atoms with Crippen molar-refractivity contribution in [3.8, 4) is 22.8 Å². The maximum Gasteiger partial charge on any atom is 0.306 e. The number of aromatic nitrogens is 1. The maximum atomic E-state index is 15.1. The van der Waals surface area contributed by atoms with Gasteiger partial charge in [-0.1, -0.05) is 26.0 Å². The van der Waals surface area contributed by atoms with Crippen LogP contribution in [0.3, 0.4) is 0 Å². The molecule has 0 amide bonds. The molecule has 7 heteroatoms. The lowest BCUT2D eigenvalue weighted by molar-refractivity contribution is -0.141. The molecule has 2 N–H and O–H groups in total. The topological polar surface area (TPSA) is 79.7 Å². The molecule has 1 aliphatic rings. The largest absolute Gasteiger partial charge is 0.505 e. The van der Waals surface area contributed by atoms with Gasteiger partial charge in [-0.05, 0) is 60.4 Å². The van der Waals surface area contributed by atoms with Crippen LogP contribution >= 0.6 is 0 Å². The number of phenolic OH excluding ortho intramolecular Hbond substituents is 1. The number of hydrogen-bond acceptors (Lipinski definition) is 4.